The van der Waals surface area contributed by atoms with Gasteiger partial charge in [0.05, 0.1) is 7.11 Å². The maximum atomic E-state index is 11.6. The van der Waals surface area contributed by atoms with E-state index in [0.717, 1.165) is 36.0 Å². The lowest BCUT2D eigenvalue weighted by Crippen LogP contribution is -2.53. The molecule has 4 aliphatic rings. The first-order valence-corrected chi connectivity index (χ1v) is 13.0. The second kappa shape index (κ2) is 9.31. The van der Waals surface area contributed by atoms with Gasteiger partial charge in [-0.15, -0.1) is 0 Å². The Morgan fingerprint density at radius 1 is 0.931 bits per heavy atom. The molecule has 0 aromatic heterocycles. The van der Waals surface area contributed by atoms with Crippen LogP contribution in [0.1, 0.15) is 112 Å². The molecule has 29 heavy (non-hydrogen) atoms. The number of hydrogen-bond donors (Lipinski definition) is 0. The number of methoxy groups -OCH3 is 1. The Kier molecular flexibility index (Phi) is 7.43. The van der Waals surface area contributed by atoms with Gasteiger partial charge in [0.25, 0.3) is 0 Å². The van der Waals surface area contributed by atoms with Gasteiger partial charge in [-0.1, -0.05) is 47.5 Å². The first-order valence-electron chi connectivity index (χ1n) is 13.0. The Morgan fingerprint density at radius 3 is 2.38 bits per heavy atom. The van der Waals surface area contributed by atoms with Gasteiger partial charge in [-0.3, -0.25) is 4.79 Å². The third kappa shape index (κ3) is 4.03. The molecule has 0 heterocycles. The highest BCUT2D eigenvalue weighted by Crippen LogP contribution is 2.68. The molecule has 4 saturated carbocycles. The number of hydrogen-bond acceptors (Lipinski definition) is 2. The predicted octanol–water partition coefficient (Wildman–Crippen LogP) is 7.65. The zero-order chi connectivity index (χ0) is 21.2. The van der Waals surface area contributed by atoms with E-state index in [1.54, 1.807) is 0 Å². The molecule has 0 aromatic rings. The Hall–Kier alpha value is -0.530. The lowest BCUT2D eigenvalue weighted by molar-refractivity contribution is -0.141. The summed E-state index contributed by atoms with van der Waals surface area (Å²) in [7, 11) is 1.52. The van der Waals surface area contributed by atoms with E-state index in [2.05, 4.69) is 20.8 Å². The summed E-state index contributed by atoms with van der Waals surface area (Å²) >= 11 is 0. The van der Waals surface area contributed by atoms with Gasteiger partial charge in [0.15, 0.2) is 0 Å². The Bertz CT molecular complexity index is 557. The first-order chi connectivity index (χ1) is 13.9. The lowest BCUT2D eigenvalue weighted by Gasteiger charge is -2.61. The number of carbonyl (C=O) groups excluding carboxylic acids is 1. The maximum absolute atomic E-state index is 11.6. The number of rotatable bonds is 4. The van der Waals surface area contributed by atoms with E-state index >= 15 is 0 Å². The van der Waals surface area contributed by atoms with Gasteiger partial charge in [0, 0.05) is 6.42 Å². The van der Waals surface area contributed by atoms with E-state index in [9.17, 15) is 4.79 Å². The zero-order valence-electron chi connectivity index (χ0n) is 20.3. The second-order valence-corrected chi connectivity index (χ2v) is 11.2. The van der Waals surface area contributed by atoms with Crippen LogP contribution in [0.3, 0.4) is 0 Å². The maximum Gasteiger partial charge on any atom is 0.305 e. The van der Waals surface area contributed by atoms with Gasteiger partial charge in [0.2, 0.25) is 0 Å². The molecule has 0 aliphatic heterocycles. The molecule has 0 spiro atoms. The summed E-state index contributed by atoms with van der Waals surface area (Å²) in [6, 6.07) is 0. The van der Waals surface area contributed by atoms with E-state index in [-0.39, 0.29) is 5.97 Å². The molecule has 0 bridgehead atoms. The molecule has 4 aliphatic carbocycles. The van der Waals surface area contributed by atoms with E-state index in [4.69, 9.17) is 4.74 Å². The van der Waals surface area contributed by atoms with Crippen LogP contribution in [0.5, 0.6) is 0 Å². The van der Waals surface area contributed by atoms with Crippen molar-refractivity contribution in [3.8, 4) is 0 Å². The van der Waals surface area contributed by atoms with Gasteiger partial charge < -0.3 is 4.74 Å². The van der Waals surface area contributed by atoms with E-state index in [1.165, 1.54) is 71.3 Å². The standard InChI is InChI=1S/C25H42O2.C2H6/c1-17(8-13-23(26)27-4)20-11-12-21-19-10-9-18-7-5-6-15-24(18,2)22(19)14-16-25(20,21)3;1-2/h17-22H,5-16H2,1-4H3;1-2H3/t17-,18?,19?,20?,21?,22?,24?,25?;/m1./s1. The predicted molar refractivity (Wildman–Crippen MR) is 122 cm³/mol. The van der Waals surface area contributed by atoms with E-state index < -0.39 is 0 Å². The average molecular weight is 405 g/mol. The fourth-order valence-corrected chi connectivity index (χ4v) is 8.92. The van der Waals surface area contributed by atoms with Crippen LogP contribution in [0.4, 0.5) is 0 Å². The molecule has 0 radical (unpaired) electrons. The van der Waals surface area contributed by atoms with E-state index in [0.29, 0.717) is 23.2 Å². The normalized spacial score (nSPS) is 44.4. The van der Waals surface area contributed by atoms with E-state index in [1.807, 2.05) is 13.8 Å². The van der Waals surface area contributed by atoms with Crippen molar-refractivity contribution in [2.75, 3.05) is 7.11 Å². The number of fused-ring (bicyclic) bond motifs is 5. The minimum absolute atomic E-state index is 0.0335. The minimum atomic E-state index is -0.0335. The third-order valence-electron chi connectivity index (χ3n) is 10.4. The summed E-state index contributed by atoms with van der Waals surface area (Å²) < 4.78 is 4.89. The highest BCUT2D eigenvalue weighted by molar-refractivity contribution is 5.69. The van der Waals surface area contributed by atoms with Crippen molar-refractivity contribution in [2.45, 2.75) is 112 Å². The van der Waals surface area contributed by atoms with Crippen LogP contribution in [0.2, 0.25) is 0 Å². The molecule has 0 N–H and O–H groups in total. The van der Waals surface area contributed by atoms with Crippen LogP contribution in [0.25, 0.3) is 0 Å². The van der Waals surface area contributed by atoms with Crippen molar-refractivity contribution < 1.29 is 9.53 Å². The van der Waals surface area contributed by atoms with Crippen molar-refractivity contribution in [1.82, 2.24) is 0 Å². The van der Waals surface area contributed by atoms with Crippen LogP contribution in [0, 0.1) is 46.3 Å². The summed E-state index contributed by atoms with van der Waals surface area (Å²) in [4.78, 5) is 11.6. The van der Waals surface area contributed by atoms with Crippen molar-refractivity contribution in [3.63, 3.8) is 0 Å². The summed E-state index contributed by atoms with van der Waals surface area (Å²) in [6.07, 6.45) is 16.4. The van der Waals surface area contributed by atoms with Crippen LogP contribution >= 0.6 is 0 Å². The molecule has 4 fully saturated rings. The van der Waals surface area contributed by atoms with Gasteiger partial charge in [-0.2, -0.15) is 0 Å². The quantitative estimate of drug-likeness (QED) is 0.450. The summed E-state index contributed by atoms with van der Waals surface area (Å²) in [5.41, 5.74) is 1.17. The number of esters is 1. The highest BCUT2D eigenvalue weighted by Gasteiger charge is 2.60. The van der Waals surface area contributed by atoms with Gasteiger partial charge in [0.1, 0.15) is 0 Å². The molecule has 0 saturated heterocycles. The van der Waals surface area contributed by atoms with Crippen molar-refractivity contribution in [2.24, 2.45) is 46.3 Å². The third-order valence-corrected chi connectivity index (χ3v) is 10.4. The fourth-order valence-electron chi connectivity index (χ4n) is 8.92. The van der Waals surface area contributed by atoms with Crippen LogP contribution in [0.15, 0.2) is 0 Å². The topological polar surface area (TPSA) is 26.3 Å². The summed E-state index contributed by atoms with van der Waals surface area (Å²) in [5.74, 6) is 5.38. The van der Waals surface area contributed by atoms with Crippen molar-refractivity contribution in [1.29, 1.82) is 0 Å². The number of ether oxygens (including phenoxy) is 1. The van der Waals surface area contributed by atoms with Gasteiger partial charge in [-0.25, -0.2) is 0 Å². The fraction of sp³-hybridized carbons (Fsp3) is 0.963. The summed E-state index contributed by atoms with van der Waals surface area (Å²) in [6.45, 7) is 11.7. The molecule has 168 valence electrons. The Balaban J connectivity index is 0.00000117. The average Bonchev–Trinajstić information content (AvgIpc) is 3.10. The molecule has 4 rings (SSSR count). The molecule has 2 heteroatoms. The SMILES string of the molecule is CC.COC(=O)CC[C@@H](C)C1CCC2C3CCC4CCCCC4(C)C3CCC21C. The molecule has 0 aromatic carbocycles. The van der Waals surface area contributed by atoms with Crippen LogP contribution < -0.4 is 0 Å². The van der Waals surface area contributed by atoms with Crippen LogP contribution in [-0.2, 0) is 9.53 Å². The molecular weight excluding hydrogens is 356 g/mol. The lowest BCUT2D eigenvalue weighted by atomic mass is 9.44. The second-order valence-electron chi connectivity index (χ2n) is 11.2. The Labute approximate surface area is 180 Å². The molecule has 0 amide bonds. The largest absolute Gasteiger partial charge is 0.469 e. The monoisotopic (exact) mass is 404 g/mol. The van der Waals surface area contributed by atoms with Gasteiger partial charge in [-0.05, 0) is 104 Å². The zero-order valence-corrected chi connectivity index (χ0v) is 20.3. The Morgan fingerprint density at radius 2 is 1.66 bits per heavy atom. The first kappa shape index (κ1) is 23.1. The molecule has 8 atom stereocenters. The van der Waals surface area contributed by atoms with Crippen molar-refractivity contribution in [3.05, 3.63) is 0 Å². The summed E-state index contributed by atoms with van der Waals surface area (Å²) in [5, 5.41) is 0. The van der Waals surface area contributed by atoms with Gasteiger partial charge >= 0.3 is 5.97 Å². The smallest absolute Gasteiger partial charge is 0.305 e. The molecular formula is C27H48O2. The van der Waals surface area contributed by atoms with Crippen molar-refractivity contribution >= 4 is 5.97 Å². The highest BCUT2D eigenvalue weighted by atomic mass is 16.5. The number of carbonyl (C=O) groups is 1. The molecule has 7 unspecified atom stereocenters. The minimum Gasteiger partial charge on any atom is -0.469 e. The van der Waals surface area contributed by atoms with Crippen LogP contribution in [-0.4, -0.2) is 13.1 Å². The molecule has 2 nitrogen and oxygen atoms in total.